The Labute approximate surface area is 137 Å². The summed E-state index contributed by atoms with van der Waals surface area (Å²) >= 11 is 0. The molecular weight excluding hydrogens is 266 g/mol. The van der Waals surface area contributed by atoms with Crippen LogP contribution in [0.1, 0.15) is 59.8 Å². The highest BCUT2D eigenvalue weighted by atomic mass is 15.0. The number of allylic oxidation sites excluding steroid dienone is 3. The molecule has 22 heavy (non-hydrogen) atoms. The SMILES string of the molecule is C=C1CC[C@H]2[C@H]3[C@H](CC[C@]2(C)[NH2+][CH2-])[C@@H](C)C[C@H](C=C(C)C)[C@H]13. The number of hydrogen-bond donors (Lipinski definition) is 1. The van der Waals surface area contributed by atoms with E-state index in [0.717, 1.165) is 35.5 Å². The maximum atomic E-state index is 4.53. The Morgan fingerprint density at radius 1 is 1.36 bits per heavy atom. The van der Waals surface area contributed by atoms with Crippen LogP contribution in [-0.2, 0) is 0 Å². The minimum absolute atomic E-state index is 0.354. The van der Waals surface area contributed by atoms with E-state index in [1.165, 1.54) is 37.7 Å². The van der Waals surface area contributed by atoms with E-state index in [4.69, 9.17) is 0 Å². The first-order valence-corrected chi connectivity index (χ1v) is 9.33. The molecule has 0 unspecified atom stereocenters. The van der Waals surface area contributed by atoms with Gasteiger partial charge in [-0.2, -0.15) is 7.05 Å². The Kier molecular flexibility index (Phi) is 4.31. The molecule has 0 heterocycles. The van der Waals surface area contributed by atoms with E-state index in [0.29, 0.717) is 5.54 Å². The van der Waals surface area contributed by atoms with Gasteiger partial charge in [0.15, 0.2) is 0 Å². The molecule has 0 amide bonds. The highest BCUT2D eigenvalue weighted by Gasteiger charge is 2.56. The molecule has 2 N–H and O–H groups in total. The Morgan fingerprint density at radius 2 is 2.09 bits per heavy atom. The van der Waals surface area contributed by atoms with Crippen LogP contribution >= 0.6 is 0 Å². The van der Waals surface area contributed by atoms with Crippen molar-refractivity contribution in [3.05, 3.63) is 30.8 Å². The first-order chi connectivity index (χ1) is 10.4. The fraction of sp³-hybridized carbons (Fsp3) is 0.762. The van der Waals surface area contributed by atoms with Crippen LogP contribution in [0.15, 0.2) is 23.8 Å². The van der Waals surface area contributed by atoms with Gasteiger partial charge in [-0.3, -0.25) is 0 Å². The summed E-state index contributed by atoms with van der Waals surface area (Å²) in [5, 5.41) is 2.29. The molecule has 1 nitrogen and oxygen atoms in total. The largest absolute Gasteiger partial charge is 0.474 e. The molecule has 3 aliphatic carbocycles. The molecule has 0 aliphatic heterocycles. The lowest BCUT2D eigenvalue weighted by Crippen LogP contribution is -2.94. The lowest BCUT2D eigenvalue weighted by molar-refractivity contribution is -0.688. The van der Waals surface area contributed by atoms with Crippen LogP contribution in [0.3, 0.4) is 0 Å². The lowest BCUT2D eigenvalue weighted by Gasteiger charge is -2.59. The summed E-state index contributed by atoms with van der Waals surface area (Å²) in [6.45, 7) is 14.0. The fourth-order valence-electron chi connectivity index (χ4n) is 6.27. The number of rotatable bonds is 2. The normalized spacial score (nSPS) is 47.8. The summed E-state index contributed by atoms with van der Waals surface area (Å²) in [6.07, 6.45) is 9.25. The molecule has 0 saturated heterocycles. The van der Waals surface area contributed by atoms with Crippen molar-refractivity contribution < 1.29 is 5.32 Å². The average molecular weight is 302 g/mol. The highest BCUT2D eigenvalue weighted by molar-refractivity contribution is 5.20. The predicted octanol–water partition coefficient (Wildman–Crippen LogP) is 4.33. The van der Waals surface area contributed by atoms with Gasteiger partial charge in [-0.25, -0.2) is 0 Å². The topological polar surface area (TPSA) is 16.6 Å². The van der Waals surface area contributed by atoms with Crippen molar-refractivity contribution in [3.8, 4) is 0 Å². The van der Waals surface area contributed by atoms with Crippen LogP contribution < -0.4 is 5.32 Å². The number of quaternary nitrogens is 1. The Balaban J connectivity index is 2.00. The molecule has 3 aliphatic rings. The quantitative estimate of drug-likeness (QED) is 0.577. The van der Waals surface area contributed by atoms with Gasteiger partial charge in [0.25, 0.3) is 0 Å². The number of nitrogens with two attached hydrogens (primary N) is 1. The van der Waals surface area contributed by atoms with Crippen molar-refractivity contribution in [2.24, 2.45) is 35.5 Å². The molecule has 7 atom stereocenters. The standard InChI is InChI=1S/C21H35N/c1-13(2)11-16-12-15(4)17-9-10-21(5,22-6)18-8-7-14(3)19(16)20(17)18/h11,15-20H,3,6-10,12,22H2,1-2,4-5H3/t15-,16-,17+,18-,19-,20+,21-/m0/s1. The van der Waals surface area contributed by atoms with Gasteiger partial charge in [0.2, 0.25) is 0 Å². The zero-order valence-corrected chi connectivity index (χ0v) is 15.1. The zero-order valence-electron chi connectivity index (χ0n) is 15.1. The third-order valence-electron chi connectivity index (χ3n) is 7.33. The van der Waals surface area contributed by atoms with Crippen molar-refractivity contribution in [1.82, 2.24) is 0 Å². The van der Waals surface area contributed by atoms with Gasteiger partial charge in [0.1, 0.15) is 0 Å². The molecule has 0 radical (unpaired) electrons. The van der Waals surface area contributed by atoms with E-state index in [2.05, 4.69) is 52.7 Å². The third-order valence-corrected chi connectivity index (χ3v) is 7.33. The number of hydrogen-bond acceptors (Lipinski definition) is 0. The van der Waals surface area contributed by atoms with Crippen LogP contribution in [-0.4, -0.2) is 5.54 Å². The summed E-state index contributed by atoms with van der Waals surface area (Å²) in [4.78, 5) is 0. The van der Waals surface area contributed by atoms with Crippen molar-refractivity contribution in [1.29, 1.82) is 0 Å². The summed E-state index contributed by atoms with van der Waals surface area (Å²) in [7, 11) is 4.21. The Morgan fingerprint density at radius 3 is 2.73 bits per heavy atom. The van der Waals surface area contributed by atoms with Gasteiger partial charge >= 0.3 is 0 Å². The van der Waals surface area contributed by atoms with Crippen molar-refractivity contribution in [3.63, 3.8) is 0 Å². The molecular formula is C21H35N. The van der Waals surface area contributed by atoms with Crippen molar-refractivity contribution >= 4 is 0 Å². The molecule has 3 rings (SSSR count). The van der Waals surface area contributed by atoms with E-state index in [-0.39, 0.29) is 0 Å². The molecule has 3 fully saturated rings. The predicted molar refractivity (Wildman–Crippen MR) is 94.0 cm³/mol. The smallest absolute Gasteiger partial charge is 0.0726 e. The molecule has 0 spiro atoms. The van der Waals surface area contributed by atoms with Crippen molar-refractivity contribution in [2.45, 2.75) is 65.3 Å². The molecule has 1 heteroatoms. The minimum Gasteiger partial charge on any atom is -0.474 e. The lowest BCUT2D eigenvalue weighted by atomic mass is 9.46. The van der Waals surface area contributed by atoms with E-state index in [9.17, 15) is 0 Å². The van der Waals surface area contributed by atoms with E-state index >= 15 is 0 Å². The van der Waals surface area contributed by atoms with Crippen LogP contribution in [0.2, 0.25) is 0 Å². The van der Waals surface area contributed by atoms with Crippen LogP contribution in [0.5, 0.6) is 0 Å². The Bertz CT molecular complexity index is 472. The van der Waals surface area contributed by atoms with E-state index < -0.39 is 0 Å². The van der Waals surface area contributed by atoms with Gasteiger partial charge in [0.05, 0.1) is 5.54 Å². The maximum Gasteiger partial charge on any atom is 0.0726 e. The third kappa shape index (κ3) is 2.50. The monoisotopic (exact) mass is 301 g/mol. The fourth-order valence-corrected chi connectivity index (χ4v) is 6.27. The molecule has 3 saturated carbocycles. The molecule has 0 aromatic heterocycles. The Hall–Kier alpha value is -0.560. The molecule has 0 aromatic rings. The minimum atomic E-state index is 0.354. The zero-order chi connectivity index (χ0) is 16.1. The molecule has 124 valence electrons. The first-order valence-electron chi connectivity index (χ1n) is 9.33. The van der Waals surface area contributed by atoms with Gasteiger partial charge < -0.3 is 5.32 Å². The average Bonchev–Trinajstić information content (AvgIpc) is 2.45. The maximum absolute atomic E-state index is 4.53. The van der Waals surface area contributed by atoms with E-state index in [1.54, 1.807) is 5.57 Å². The molecule has 0 bridgehead atoms. The van der Waals surface area contributed by atoms with Gasteiger partial charge in [-0.15, -0.1) is 0 Å². The second-order valence-electron chi connectivity index (χ2n) is 8.94. The summed E-state index contributed by atoms with van der Waals surface area (Å²) in [5.41, 5.74) is 3.38. The highest BCUT2D eigenvalue weighted by Crippen LogP contribution is 2.59. The molecule has 0 aromatic carbocycles. The second kappa shape index (κ2) is 5.82. The van der Waals surface area contributed by atoms with Gasteiger partial charge in [0, 0.05) is 12.3 Å². The van der Waals surface area contributed by atoms with Gasteiger partial charge in [-0.1, -0.05) is 30.7 Å². The van der Waals surface area contributed by atoms with Crippen molar-refractivity contribution in [2.75, 3.05) is 0 Å². The van der Waals surface area contributed by atoms with Crippen LogP contribution in [0.4, 0.5) is 0 Å². The summed E-state index contributed by atoms with van der Waals surface area (Å²) in [5.74, 6) is 4.92. The van der Waals surface area contributed by atoms with Crippen LogP contribution in [0.25, 0.3) is 0 Å². The van der Waals surface area contributed by atoms with Crippen LogP contribution in [0, 0.1) is 42.6 Å². The first kappa shape index (κ1) is 16.3. The second-order valence-corrected chi connectivity index (χ2v) is 8.94. The summed E-state index contributed by atoms with van der Waals surface area (Å²) < 4.78 is 0. The summed E-state index contributed by atoms with van der Waals surface area (Å²) in [6, 6.07) is 0. The van der Waals surface area contributed by atoms with Gasteiger partial charge in [-0.05, 0) is 76.0 Å². The van der Waals surface area contributed by atoms with E-state index in [1.807, 2.05) is 0 Å².